The number of nitrogens with zero attached hydrogens (tertiary/aromatic N) is 2. The second-order valence-corrected chi connectivity index (χ2v) is 8.62. The van der Waals surface area contributed by atoms with Crippen molar-refractivity contribution in [2.24, 2.45) is 11.5 Å². The van der Waals surface area contributed by atoms with E-state index in [1.807, 2.05) is 0 Å². The van der Waals surface area contributed by atoms with Gasteiger partial charge in [-0.2, -0.15) is 0 Å². The van der Waals surface area contributed by atoms with Crippen molar-refractivity contribution >= 4 is 17.7 Å². The lowest BCUT2D eigenvalue weighted by Crippen LogP contribution is -2.56. The number of primary amides is 1. The molecule has 5 N–H and O–H groups in total. The summed E-state index contributed by atoms with van der Waals surface area (Å²) in [6, 6.07) is 7.67. The molecule has 9 heteroatoms. The zero-order valence-corrected chi connectivity index (χ0v) is 20.3. The maximum Gasteiger partial charge on any atom is 0.246 e. The molecule has 0 saturated carbocycles. The molecule has 0 saturated heterocycles. The minimum Gasteiger partial charge on any atom is -0.508 e. The van der Waals surface area contributed by atoms with E-state index < -0.39 is 41.7 Å². The smallest absolute Gasteiger partial charge is 0.246 e. The third-order valence-electron chi connectivity index (χ3n) is 6.01. The van der Waals surface area contributed by atoms with Crippen LogP contribution in [-0.2, 0) is 27.2 Å². The van der Waals surface area contributed by atoms with Gasteiger partial charge in [-0.05, 0) is 54.7 Å². The zero-order chi connectivity index (χ0) is 26.3. The Labute approximate surface area is 205 Å². The maximum absolute atomic E-state index is 13.4. The minimum atomic E-state index is -0.977. The first-order chi connectivity index (χ1) is 16.5. The van der Waals surface area contributed by atoms with Gasteiger partial charge in [0.05, 0.1) is 6.04 Å². The first-order valence-electron chi connectivity index (χ1n) is 11.2. The Bertz CT molecular complexity index is 1070. The molecule has 35 heavy (non-hydrogen) atoms. The van der Waals surface area contributed by atoms with Crippen molar-refractivity contribution in [3.63, 3.8) is 0 Å². The van der Waals surface area contributed by atoms with Crippen LogP contribution in [0.3, 0.4) is 0 Å². The summed E-state index contributed by atoms with van der Waals surface area (Å²) in [4.78, 5) is 41.2. The van der Waals surface area contributed by atoms with Crippen LogP contribution >= 0.6 is 0 Å². The van der Waals surface area contributed by atoms with Crippen molar-refractivity contribution in [1.82, 2.24) is 9.80 Å². The summed E-state index contributed by atoms with van der Waals surface area (Å²) in [5.74, 6) is -1.94. The Hall–Kier alpha value is -3.72. The fourth-order valence-corrected chi connectivity index (χ4v) is 3.84. The van der Waals surface area contributed by atoms with E-state index in [0.29, 0.717) is 11.1 Å². The van der Waals surface area contributed by atoms with Crippen LogP contribution in [-0.4, -0.2) is 64.8 Å². The van der Waals surface area contributed by atoms with Gasteiger partial charge in [0.15, 0.2) is 0 Å². The average Bonchev–Trinajstić information content (AvgIpc) is 2.82. The largest absolute Gasteiger partial charge is 0.508 e. The fourth-order valence-electron chi connectivity index (χ4n) is 3.84. The molecule has 0 fully saturated rings. The van der Waals surface area contributed by atoms with E-state index >= 15 is 0 Å². The van der Waals surface area contributed by atoms with Gasteiger partial charge in [-0.15, -0.1) is 6.58 Å². The third kappa shape index (κ3) is 7.13. The molecule has 0 aliphatic rings. The quantitative estimate of drug-likeness (QED) is 0.418. The average molecular weight is 485 g/mol. The van der Waals surface area contributed by atoms with E-state index in [9.17, 15) is 23.9 Å². The minimum absolute atomic E-state index is 0.122. The van der Waals surface area contributed by atoms with Crippen LogP contribution in [0.4, 0.5) is 4.39 Å². The first-order valence-corrected chi connectivity index (χ1v) is 11.2. The molecular weight excluding hydrogens is 451 g/mol. The number of likely N-dealkylation sites (N-methyl/N-ethyl adjacent to an activating group) is 2. The molecule has 2 rings (SSSR count). The van der Waals surface area contributed by atoms with Crippen molar-refractivity contribution in [2.75, 3.05) is 14.1 Å². The Morgan fingerprint density at radius 2 is 1.57 bits per heavy atom. The number of aromatic hydroxyl groups is 1. The molecule has 0 aliphatic heterocycles. The van der Waals surface area contributed by atoms with E-state index in [1.54, 1.807) is 31.2 Å². The summed E-state index contributed by atoms with van der Waals surface area (Å²) in [7, 11) is 2.92. The topological polar surface area (TPSA) is 130 Å². The molecule has 2 aromatic rings. The van der Waals surface area contributed by atoms with Gasteiger partial charge < -0.3 is 26.4 Å². The lowest BCUT2D eigenvalue weighted by molar-refractivity contribution is -0.147. The number of hydrogen-bond donors (Lipinski definition) is 3. The second-order valence-electron chi connectivity index (χ2n) is 8.62. The number of phenolic OH excluding ortho intramolecular Hbond substituents is 1. The van der Waals surface area contributed by atoms with E-state index in [0.717, 1.165) is 5.56 Å². The number of nitrogens with two attached hydrogens (primary N) is 2. The summed E-state index contributed by atoms with van der Waals surface area (Å²) in [6.07, 6.45) is 1.95. The highest BCUT2D eigenvalue weighted by Crippen LogP contribution is 2.20. The highest BCUT2D eigenvalue weighted by atomic mass is 19.1. The molecule has 8 nitrogen and oxygen atoms in total. The highest BCUT2D eigenvalue weighted by molar-refractivity contribution is 5.92. The van der Waals surface area contributed by atoms with E-state index in [2.05, 4.69) is 6.58 Å². The van der Waals surface area contributed by atoms with Crippen LogP contribution in [0.2, 0.25) is 0 Å². The number of hydrogen-bond acceptors (Lipinski definition) is 5. The Morgan fingerprint density at radius 3 is 2.11 bits per heavy atom. The molecule has 0 unspecified atom stereocenters. The summed E-state index contributed by atoms with van der Waals surface area (Å²) >= 11 is 0. The van der Waals surface area contributed by atoms with Crippen LogP contribution < -0.4 is 11.5 Å². The number of rotatable bonds is 11. The van der Waals surface area contributed by atoms with Crippen LogP contribution in [0.15, 0.2) is 55.1 Å². The predicted molar refractivity (Wildman–Crippen MR) is 132 cm³/mol. The SMILES string of the molecule is C=CC[C@@H](C(=O)N(C)[C@@H](Cc1ccc(O)c(C)c1)C(N)=O)N(C)C(=O)[C@@H](N)Cc1ccc(F)cc1. The molecular formula is C26H33FN4O4. The number of carbonyl (C=O) groups is 3. The lowest BCUT2D eigenvalue weighted by atomic mass is 10.0. The summed E-state index contributed by atoms with van der Waals surface area (Å²) in [5.41, 5.74) is 13.8. The maximum atomic E-state index is 13.4. The molecule has 3 amide bonds. The zero-order valence-electron chi connectivity index (χ0n) is 20.3. The fraction of sp³-hybridized carbons (Fsp3) is 0.346. The van der Waals surface area contributed by atoms with Gasteiger partial charge in [0.25, 0.3) is 0 Å². The Morgan fingerprint density at radius 1 is 1.00 bits per heavy atom. The molecule has 188 valence electrons. The predicted octanol–water partition coefficient (Wildman–Crippen LogP) is 1.67. The molecule has 0 radical (unpaired) electrons. The molecule has 2 aromatic carbocycles. The normalized spacial score (nSPS) is 13.4. The summed E-state index contributed by atoms with van der Waals surface area (Å²) < 4.78 is 13.2. The second kappa shape index (κ2) is 12.1. The van der Waals surface area contributed by atoms with Crippen molar-refractivity contribution < 1.29 is 23.9 Å². The molecule has 0 bridgehead atoms. The molecule has 0 aromatic heterocycles. The number of aryl methyl sites for hydroxylation is 1. The standard InChI is InChI=1S/C26H33FN4O4/c1-5-6-21(30(3)25(34)20(28)14-17-7-10-19(27)11-8-17)26(35)31(4)22(24(29)33)15-18-9-12-23(32)16(2)13-18/h5,7-13,20-22,32H,1,6,14-15,28H2,2-4H3,(H2,29,33)/t20-,21-,22-/m0/s1. The first kappa shape index (κ1) is 27.5. The number of carbonyl (C=O) groups excluding carboxylic acids is 3. The Balaban J connectivity index is 2.19. The molecule has 0 heterocycles. The van der Waals surface area contributed by atoms with Gasteiger partial charge in [0.2, 0.25) is 17.7 Å². The van der Waals surface area contributed by atoms with E-state index in [1.165, 1.54) is 48.2 Å². The Kier molecular flexibility index (Phi) is 9.53. The monoisotopic (exact) mass is 484 g/mol. The lowest BCUT2D eigenvalue weighted by Gasteiger charge is -2.34. The van der Waals surface area contributed by atoms with Gasteiger partial charge >= 0.3 is 0 Å². The van der Waals surface area contributed by atoms with Gasteiger partial charge in [0.1, 0.15) is 23.7 Å². The molecule has 3 atom stereocenters. The highest BCUT2D eigenvalue weighted by Gasteiger charge is 2.34. The van der Waals surface area contributed by atoms with E-state index in [4.69, 9.17) is 11.5 Å². The van der Waals surface area contributed by atoms with Crippen molar-refractivity contribution in [3.8, 4) is 5.75 Å². The van der Waals surface area contributed by atoms with Crippen molar-refractivity contribution in [2.45, 2.75) is 44.3 Å². The van der Waals surface area contributed by atoms with Gasteiger partial charge in [-0.1, -0.05) is 30.3 Å². The number of amides is 3. The van der Waals surface area contributed by atoms with Gasteiger partial charge in [-0.3, -0.25) is 14.4 Å². The van der Waals surface area contributed by atoms with Crippen LogP contribution in [0.5, 0.6) is 5.75 Å². The molecule has 0 spiro atoms. The van der Waals surface area contributed by atoms with Gasteiger partial charge in [-0.25, -0.2) is 4.39 Å². The number of halogens is 1. The van der Waals surface area contributed by atoms with Crippen LogP contribution in [0.1, 0.15) is 23.1 Å². The van der Waals surface area contributed by atoms with Crippen molar-refractivity contribution in [1.29, 1.82) is 0 Å². The third-order valence-corrected chi connectivity index (χ3v) is 6.01. The van der Waals surface area contributed by atoms with E-state index in [-0.39, 0.29) is 25.0 Å². The number of benzene rings is 2. The van der Waals surface area contributed by atoms with Gasteiger partial charge in [0, 0.05) is 20.5 Å². The molecule has 0 aliphatic carbocycles. The van der Waals surface area contributed by atoms with Crippen molar-refractivity contribution in [3.05, 3.63) is 77.6 Å². The summed E-state index contributed by atoms with van der Waals surface area (Å²) in [6.45, 7) is 5.40. The summed E-state index contributed by atoms with van der Waals surface area (Å²) in [5, 5.41) is 9.75. The number of phenols is 1. The van der Waals surface area contributed by atoms with Crippen LogP contribution in [0.25, 0.3) is 0 Å². The van der Waals surface area contributed by atoms with Crippen LogP contribution in [0, 0.1) is 12.7 Å².